The fourth-order valence-electron chi connectivity index (χ4n) is 5.98. The highest BCUT2D eigenvalue weighted by Gasteiger charge is 2.21. The molecule has 0 radical (unpaired) electrons. The molecule has 0 aliphatic carbocycles. The Bertz CT molecular complexity index is 2140. The molecule has 0 fully saturated rings. The van der Waals surface area contributed by atoms with Crippen molar-refractivity contribution in [2.24, 2.45) is 0 Å². The van der Waals surface area contributed by atoms with Crippen molar-refractivity contribution < 1.29 is 0 Å². The van der Waals surface area contributed by atoms with Gasteiger partial charge in [0.25, 0.3) is 0 Å². The summed E-state index contributed by atoms with van der Waals surface area (Å²) in [6, 6.07) is 43.7. The molecule has 0 unspecified atom stereocenters. The van der Waals surface area contributed by atoms with E-state index in [-0.39, 0.29) is 0 Å². The minimum absolute atomic E-state index is 1.02. The van der Waals surface area contributed by atoms with Gasteiger partial charge in [0.1, 0.15) is 0 Å². The summed E-state index contributed by atoms with van der Waals surface area (Å²) in [5, 5.41) is 8.82. The van der Waals surface area contributed by atoms with Crippen LogP contribution in [-0.4, -0.2) is 4.98 Å². The summed E-state index contributed by atoms with van der Waals surface area (Å²) < 4.78 is 2.64. The van der Waals surface area contributed by atoms with E-state index in [1.165, 1.54) is 69.4 Å². The zero-order chi connectivity index (χ0) is 24.3. The highest BCUT2D eigenvalue weighted by Crippen LogP contribution is 2.48. The summed E-state index contributed by atoms with van der Waals surface area (Å²) >= 11 is 1.87. The molecule has 8 aromatic rings. The van der Waals surface area contributed by atoms with Gasteiger partial charge in [-0.1, -0.05) is 103 Å². The monoisotopic (exact) mass is 487 g/mol. The molecule has 8 rings (SSSR count). The summed E-state index contributed by atoms with van der Waals surface area (Å²) in [6.07, 6.45) is 2.10. The van der Waals surface area contributed by atoms with E-state index < -0.39 is 0 Å². The largest absolute Gasteiger partial charge is 0.256 e. The maximum absolute atomic E-state index is 4.97. The van der Waals surface area contributed by atoms with Gasteiger partial charge in [0, 0.05) is 42.5 Å². The Morgan fingerprint density at radius 2 is 1.08 bits per heavy atom. The van der Waals surface area contributed by atoms with Gasteiger partial charge in [-0.3, -0.25) is 4.98 Å². The molecular formula is C35H21NS. The molecule has 2 heteroatoms. The average molecular weight is 488 g/mol. The third kappa shape index (κ3) is 3.00. The van der Waals surface area contributed by atoms with E-state index in [0.29, 0.717) is 0 Å². The Morgan fingerprint density at radius 1 is 0.432 bits per heavy atom. The van der Waals surface area contributed by atoms with Crippen molar-refractivity contribution in [2.45, 2.75) is 0 Å². The Hall–Kier alpha value is -4.53. The van der Waals surface area contributed by atoms with E-state index >= 15 is 0 Å². The molecule has 0 aliphatic heterocycles. The van der Waals surface area contributed by atoms with E-state index in [2.05, 4.69) is 128 Å². The number of rotatable bonds is 2. The van der Waals surface area contributed by atoms with Crippen LogP contribution in [0.2, 0.25) is 0 Å². The molecule has 0 amide bonds. The van der Waals surface area contributed by atoms with E-state index in [9.17, 15) is 0 Å². The molecule has 0 saturated heterocycles. The van der Waals surface area contributed by atoms with E-state index in [0.717, 1.165) is 5.52 Å². The van der Waals surface area contributed by atoms with Gasteiger partial charge in [0.05, 0.1) is 5.52 Å². The van der Waals surface area contributed by atoms with Gasteiger partial charge in [-0.15, -0.1) is 11.3 Å². The van der Waals surface area contributed by atoms with Crippen LogP contribution in [-0.2, 0) is 0 Å². The van der Waals surface area contributed by atoms with Crippen LogP contribution < -0.4 is 0 Å². The van der Waals surface area contributed by atoms with Crippen LogP contribution in [0.1, 0.15) is 0 Å². The lowest BCUT2D eigenvalue weighted by molar-refractivity contribution is 1.45. The fourth-order valence-corrected chi connectivity index (χ4v) is 7.11. The number of nitrogens with zero attached hydrogens (tertiary/aromatic N) is 1. The van der Waals surface area contributed by atoms with Crippen molar-refractivity contribution in [3.63, 3.8) is 0 Å². The van der Waals surface area contributed by atoms with Gasteiger partial charge >= 0.3 is 0 Å². The van der Waals surface area contributed by atoms with Crippen LogP contribution in [0, 0.1) is 0 Å². The molecule has 0 spiro atoms. The predicted molar refractivity (Wildman–Crippen MR) is 161 cm³/mol. The number of hydrogen-bond acceptors (Lipinski definition) is 2. The highest BCUT2D eigenvalue weighted by atomic mass is 32.1. The van der Waals surface area contributed by atoms with Crippen LogP contribution in [0.25, 0.3) is 74.9 Å². The molecule has 1 nitrogen and oxygen atoms in total. The molecule has 0 N–H and O–H groups in total. The molecule has 0 atom stereocenters. The van der Waals surface area contributed by atoms with Gasteiger partial charge in [-0.2, -0.15) is 0 Å². The second-order valence-corrected chi connectivity index (χ2v) is 10.6. The molecular weight excluding hydrogens is 466 g/mol. The quantitative estimate of drug-likeness (QED) is 0.175. The smallest absolute Gasteiger partial charge is 0.0708 e. The SMILES string of the molecule is c1ccc(-c2c3ccccc3c(-c3cccc4sc5ccccc5c34)c3cnc4ccccc4c23)cc1. The third-order valence-corrected chi connectivity index (χ3v) is 8.63. The number of para-hydroxylation sites is 1. The number of aromatic nitrogens is 1. The number of hydrogen-bond donors (Lipinski definition) is 0. The van der Waals surface area contributed by atoms with Crippen molar-refractivity contribution in [2.75, 3.05) is 0 Å². The lowest BCUT2D eigenvalue weighted by Gasteiger charge is -2.19. The van der Waals surface area contributed by atoms with E-state index in [1.807, 2.05) is 11.3 Å². The summed E-state index contributed by atoms with van der Waals surface area (Å²) in [5.41, 5.74) is 6.06. The van der Waals surface area contributed by atoms with E-state index in [4.69, 9.17) is 4.98 Å². The Balaban J connectivity index is 1.66. The Morgan fingerprint density at radius 3 is 1.92 bits per heavy atom. The standard InChI is InChI=1S/C35H21NS/c1-2-11-22(12-3-1)32-23-13-4-5-14-24(23)33(28-21-36-29-18-8-6-15-25(29)35(28)32)27-17-10-20-31-34(27)26-16-7-9-19-30(26)37-31/h1-21H. The molecule has 6 aromatic carbocycles. The van der Waals surface area contributed by atoms with Crippen LogP contribution in [0.15, 0.2) is 128 Å². The van der Waals surface area contributed by atoms with Gasteiger partial charge in [0.15, 0.2) is 0 Å². The number of benzene rings is 6. The van der Waals surface area contributed by atoms with Crippen molar-refractivity contribution in [3.05, 3.63) is 128 Å². The van der Waals surface area contributed by atoms with Gasteiger partial charge < -0.3 is 0 Å². The predicted octanol–water partition coefficient (Wildman–Crippen LogP) is 10.2. The zero-order valence-corrected chi connectivity index (χ0v) is 20.8. The maximum Gasteiger partial charge on any atom is 0.0708 e. The number of pyridine rings is 1. The normalized spacial score (nSPS) is 11.8. The van der Waals surface area contributed by atoms with Gasteiger partial charge in [-0.25, -0.2) is 0 Å². The van der Waals surface area contributed by atoms with Crippen LogP contribution in [0.4, 0.5) is 0 Å². The van der Waals surface area contributed by atoms with Crippen LogP contribution >= 0.6 is 11.3 Å². The van der Waals surface area contributed by atoms with Crippen LogP contribution in [0.5, 0.6) is 0 Å². The minimum Gasteiger partial charge on any atom is -0.256 e. The summed E-state index contributed by atoms with van der Waals surface area (Å²) in [5.74, 6) is 0. The maximum atomic E-state index is 4.97. The second-order valence-electron chi connectivity index (χ2n) is 9.50. The minimum atomic E-state index is 1.02. The first kappa shape index (κ1) is 20.6. The molecule has 37 heavy (non-hydrogen) atoms. The van der Waals surface area contributed by atoms with Crippen molar-refractivity contribution >= 4 is 64.0 Å². The molecule has 2 aromatic heterocycles. The molecule has 172 valence electrons. The fraction of sp³-hybridized carbons (Fsp3) is 0. The van der Waals surface area contributed by atoms with Gasteiger partial charge in [0.2, 0.25) is 0 Å². The number of fused-ring (bicyclic) bond motifs is 7. The molecule has 0 bridgehead atoms. The number of thiophene rings is 1. The molecule has 2 heterocycles. The van der Waals surface area contributed by atoms with Gasteiger partial charge in [-0.05, 0) is 51.2 Å². The molecule has 0 saturated carbocycles. The third-order valence-electron chi connectivity index (χ3n) is 7.49. The average Bonchev–Trinajstić information content (AvgIpc) is 3.35. The van der Waals surface area contributed by atoms with Crippen molar-refractivity contribution in [1.29, 1.82) is 0 Å². The van der Waals surface area contributed by atoms with Crippen LogP contribution in [0.3, 0.4) is 0 Å². The second kappa shape index (κ2) is 7.99. The lowest BCUT2D eigenvalue weighted by Crippen LogP contribution is -1.93. The highest BCUT2D eigenvalue weighted by molar-refractivity contribution is 7.25. The topological polar surface area (TPSA) is 12.9 Å². The van der Waals surface area contributed by atoms with E-state index in [1.54, 1.807) is 0 Å². The first-order chi connectivity index (χ1) is 18.4. The zero-order valence-electron chi connectivity index (χ0n) is 20.0. The Labute approximate surface area is 218 Å². The Kier molecular flexibility index (Phi) is 4.46. The summed E-state index contributed by atoms with van der Waals surface area (Å²) in [6.45, 7) is 0. The summed E-state index contributed by atoms with van der Waals surface area (Å²) in [4.78, 5) is 4.97. The molecule has 0 aliphatic rings. The van der Waals surface area contributed by atoms with Crippen molar-refractivity contribution in [3.8, 4) is 22.3 Å². The lowest BCUT2D eigenvalue weighted by atomic mass is 9.84. The van der Waals surface area contributed by atoms with Crippen molar-refractivity contribution in [1.82, 2.24) is 4.98 Å². The summed E-state index contributed by atoms with van der Waals surface area (Å²) in [7, 11) is 0. The first-order valence-corrected chi connectivity index (χ1v) is 13.4. The first-order valence-electron chi connectivity index (χ1n) is 12.6.